The minimum atomic E-state index is 0.0252. The Morgan fingerprint density at radius 3 is 2.86 bits per heavy atom. The number of benzene rings is 1. The molecule has 4 aromatic heterocycles. The number of aliphatic hydroxyl groups excluding tert-OH is 1. The summed E-state index contributed by atoms with van der Waals surface area (Å²) in [6.45, 7) is 4.26. The van der Waals surface area contributed by atoms with Crippen molar-refractivity contribution in [2.75, 3.05) is 6.61 Å². The summed E-state index contributed by atoms with van der Waals surface area (Å²) in [4.78, 5) is 4.60. The molecule has 2 unspecified atom stereocenters. The average Bonchev–Trinajstić information content (AvgIpc) is 3.31. The molecule has 5 heterocycles. The van der Waals surface area contributed by atoms with E-state index in [4.69, 9.17) is 4.42 Å². The van der Waals surface area contributed by atoms with Gasteiger partial charge in [-0.2, -0.15) is 4.57 Å². The molecule has 0 radical (unpaired) electrons. The zero-order chi connectivity index (χ0) is 19.0. The average molecular weight is 387 g/mol. The van der Waals surface area contributed by atoms with E-state index in [1.165, 1.54) is 15.8 Å². The summed E-state index contributed by atoms with van der Waals surface area (Å²) >= 11 is 1.75. The van der Waals surface area contributed by atoms with Gasteiger partial charge in [-0.25, -0.2) is 4.98 Å². The van der Waals surface area contributed by atoms with Crippen LogP contribution in [0.1, 0.15) is 30.1 Å². The Labute approximate surface area is 165 Å². The molecule has 2 atom stereocenters. The molecule has 6 rings (SSSR count). The third-order valence-electron chi connectivity index (χ3n) is 6.12. The number of fused-ring (bicyclic) bond motifs is 9. The number of rotatable bonds is 1. The number of pyridine rings is 2. The molecule has 0 saturated heterocycles. The van der Waals surface area contributed by atoms with Crippen molar-refractivity contribution in [3.05, 3.63) is 59.2 Å². The van der Waals surface area contributed by atoms with Crippen molar-refractivity contribution >= 4 is 43.5 Å². The molecule has 0 spiro atoms. The molecule has 0 bridgehead atoms. The Kier molecular flexibility index (Phi) is 3.26. The van der Waals surface area contributed by atoms with Crippen LogP contribution in [-0.4, -0.2) is 16.7 Å². The molecule has 1 N–H and O–H groups in total. The lowest BCUT2D eigenvalue weighted by Crippen LogP contribution is -2.46. The molecule has 4 nitrogen and oxygen atoms in total. The molecule has 0 saturated carbocycles. The fourth-order valence-corrected chi connectivity index (χ4v) is 5.61. The third kappa shape index (κ3) is 1.98. The second kappa shape index (κ2) is 5.63. The van der Waals surface area contributed by atoms with Crippen molar-refractivity contribution in [3.63, 3.8) is 0 Å². The zero-order valence-electron chi connectivity index (χ0n) is 15.6. The number of furan rings is 1. The largest absolute Gasteiger partial charge is 0.437 e. The van der Waals surface area contributed by atoms with Crippen LogP contribution < -0.4 is 4.57 Å². The lowest BCUT2D eigenvalue weighted by Gasteiger charge is -2.27. The topological polar surface area (TPSA) is 50.1 Å². The Morgan fingerprint density at radius 2 is 2.00 bits per heavy atom. The monoisotopic (exact) mass is 387 g/mol. The van der Waals surface area contributed by atoms with Gasteiger partial charge >= 0.3 is 0 Å². The van der Waals surface area contributed by atoms with E-state index in [2.05, 4.69) is 58.4 Å². The van der Waals surface area contributed by atoms with Crippen LogP contribution >= 0.6 is 11.3 Å². The summed E-state index contributed by atoms with van der Waals surface area (Å²) in [6.07, 6.45) is 2.14. The summed E-state index contributed by atoms with van der Waals surface area (Å²) in [6, 6.07) is 12.9. The number of hydrogen-bond acceptors (Lipinski definition) is 4. The number of nitrogens with zero attached hydrogens (tertiary/aromatic N) is 2. The summed E-state index contributed by atoms with van der Waals surface area (Å²) in [5.74, 6) is 0.0252. The molecule has 0 amide bonds. The molecule has 1 aromatic carbocycles. The van der Waals surface area contributed by atoms with E-state index >= 15 is 0 Å². The van der Waals surface area contributed by atoms with E-state index in [0.717, 1.165) is 33.2 Å². The van der Waals surface area contributed by atoms with E-state index < -0.39 is 0 Å². The molecule has 138 valence electrons. The van der Waals surface area contributed by atoms with Crippen molar-refractivity contribution in [1.82, 2.24) is 4.98 Å². The Hall–Kier alpha value is -2.76. The number of aryl methyl sites for hydroxylation is 1. The Balaban J connectivity index is 1.83. The van der Waals surface area contributed by atoms with Crippen LogP contribution in [0.25, 0.3) is 43.4 Å². The molecule has 1 aliphatic heterocycles. The van der Waals surface area contributed by atoms with Crippen molar-refractivity contribution in [1.29, 1.82) is 0 Å². The van der Waals surface area contributed by atoms with Gasteiger partial charge in [-0.3, -0.25) is 0 Å². The first-order valence-electron chi connectivity index (χ1n) is 9.52. The van der Waals surface area contributed by atoms with Crippen molar-refractivity contribution < 1.29 is 14.1 Å². The minimum Gasteiger partial charge on any atom is -0.437 e. The minimum absolute atomic E-state index is 0.0252. The fourth-order valence-electron chi connectivity index (χ4n) is 4.66. The quantitative estimate of drug-likeness (QED) is 0.407. The van der Waals surface area contributed by atoms with Crippen LogP contribution in [0.5, 0.6) is 0 Å². The first-order chi connectivity index (χ1) is 13.7. The summed E-state index contributed by atoms with van der Waals surface area (Å²) < 4.78 is 9.89. The van der Waals surface area contributed by atoms with Gasteiger partial charge in [0.15, 0.2) is 17.8 Å². The van der Waals surface area contributed by atoms with E-state index in [1.54, 1.807) is 11.3 Å². The van der Waals surface area contributed by atoms with E-state index in [1.807, 2.05) is 13.0 Å². The molecule has 0 aliphatic carbocycles. The smallest absolute Gasteiger partial charge is 0.234 e. The Morgan fingerprint density at radius 1 is 1.14 bits per heavy atom. The van der Waals surface area contributed by atoms with Gasteiger partial charge in [0.2, 0.25) is 11.4 Å². The SMILES string of the molecule is Cc1ccc2c(n1)oc1c3c(ccc12)C(CO)C(C)[n+]1ccc2ccsc2c1-3. The lowest BCUT2D eigenvalue weighted by molar-refractivity contribution is -0.713. The van der Waals surface area contributed by atoms with Gasteiger partial charge in [-0.15, -0.1) is 11.3 Å². The summed E-state index contributed by atoms with van der Waals surface area (Å²) in [5.41, 5.74) is 5.91. The van der Waals surface area contributed by atoms with Crippen molar-refractivity contribution in [2.45, 2.75) is 25.8 Å². The maximum absolute atomic E-state index is 10.2. The molecule has 5 heteroatoms. The standard InChI is InChI=1S/C23H19N2O2S/c1-12-3-4-17-16-6-5-15-18(11-26)13(2)25-9-7-14-8-10-28-22(14)20(25)19(15)21(16)27-23(17)24-12/h3-10,13,18,26H,11H2,1-2H3/q+1. The van der Waals surface area contributed by atoms with Gasteiger partial charge in [0.1, 0.15) is 4.70 Å². The number of aliphatic hydroxyl groups is 1. The van der Waals surface area contributed by atoms with E-state index in [-0.39, 0.29) is 18.6 Å². The lowest BCUT2D eigenvalue weighted by atomic mass is 9.83. The van der Waals surface area contributed by atoms with Gasteiger partial charge in [0.25, 0.3) is 0 Å². The highest BCUT2D eigenvalue weighted by atomic mass is 32.1. The van der Waals surface area contributed by atoms with E-state index in [0.29, 0.717) is 5.71 Å². The van der Waals surface area contributed by atoms with Crippen LogP contribution in [0.3, 0.4) is 0 Å². The van der Waals surface area contributed by atoms with Crippen molar-refractivity contribution in [3.8, 4) is 11.3 Å². The molecular weight excluding hydrogens is 368 g/mol. The zero-order valence-corrected chi connectivity index (χ0v) is 16.5. The van der Waals surface area contributed by atoms with E-state index in [9.17, 15) is 5.11 Å². The predicted octanol–water partition coefficient (Wildman–Crippen LogP) is 5.11. The maximum atomic E-state index is 10.2. The fraction of sp³-hybridized carbons (Fsp3) is 0.217. The highest BCUT2D eigenvalue weighted by Crippen LogP contribution is 2.46. The van der Waals surface area contributed by atoms with Gasteiger partial charge < -0.3 is 9.52 Å². The van der Waals surface area contributed by atoms with Crippen LogP contribution in [0.15, 0.2) is 52.4 Å². The molecule has 0 fully saturated rings. The van der Waals surface area contributed by atoms with Crippen LogP contribution in [0.4, 0.5) is 0 Å². The first-order valence-corrected chi connectivity index (χ1v) is 10.4. The second-order valence-electron chi connectivity index (χ2n) is 7.62. The predicted molar refractivity (Wildman–Crippen MR) is 112 cm³/mol. The van der Waals surface area contributed by atoms with Gasteiger partial charge in [-0.05, 0) is 43.0 Å². The van der Waals surface area contributed by atoms with Crippen molar-refractivity contribution in [2.24, 2.45) is 0 Å². The van der Waals surface area contributed by atoms with Gasteiger partial charge in [0.05, 0.1) is 18.1 Å². The van der Waals surface area contributed by atoms with Crippen LogP contribution in [0, 0.1) is 6.92 Å². The summed E-state index contributed by atoms with van der Waals surface area (Å²) in [7, 11) is 0. The van der Waals surface area contributed by atoms with Gasteiger partial charge in [0, 0.05) is 27.9 Å². The number of thiophene rings is 1. The first kappa shape index (κ1) is 16.2. The molecule has 28 heavy (non-hydrogen) atoms. The normalized spacial score (nSPS) is 18.7. The molecule has 5 aromatic rings. The second-order valence-corrected chi connectivity index (χ2v) is 8.54. The third-order valence-corrected chi connectivity index (χ3v) is 7.05. The molecule has 1 aliphatic rings. The summed E-state index contributed by atoms with van der Waals surface area (Å²) in [5, 5.41) is 15.7. The van der Waals surface area contributed by atoms with Gasteiger partial charge in [-0.1, -0.05) is 12.1 Å². The highest BCUT2D eigenvalue weighted by molar-refractivity contribution is 7.17. The van der Waals surface area contributed by atoms with Crippen LogP contribution in [0.2, 0.25) is 0 Å². The molecular formula is C23H19N2O2S+. The number of hydrogen-bond donors (Lipinski definition) is 1. The number of aromatic nitrogens is 2. The Bertz CT molecular complexity index is 1400. The highest BCUT2D eigenvalue weighted by Gasteiger charge is 2.40. The van der Waals surface area contributed by atoms with Crippen LogP contribution in [-0.2, 0) is 0 Å². The maximum Gasteiger partial charge on any atom is 0.234 e.